The number of methoxy groups -OCH3 is 1. The summed E-state index contributed by atoms with van der Waals surface area (Å²) in [6, 6.07) is 11.0. The highest BCUT2D eigenvalue weighted by molar-refractivity contribution is 5.61. The predicted molar refractivity (Wildman–Crippen MR) is 117 cm³/mol. The van der Waals surface area contributed by atoms with Crippen LogP contribution in [0.1, 0.15) is 28.3 Å². The van der Waals surface area contributed by atoms with Crippen molar-refractivity contribution in [2.24, 2.45) is 5.73 Å². The number of nitrogens with zero attached hydrogens (tertiary/aromatic N) is 3. The Morgan fingerprint density at radius 3 is 2.88 bits per heavy atom. The number of nitriles is 1. The van der Waals surface area contributed by atoms with Crippen LogP contribution < -0.4 is 30.2 Å². The lowest BCUT2D eigenvalue weighted by Crippen LogP contribution is -2.33. The lowest BCUT2D eigenvalue weighted by molar-refractivity contribution is 0.171. The van der Waals surface area contributed by atoms with Gasteiger partial charge in [-0.3, -0.25) is 9.78 Å². The van der Waals surface area contributed by atoms with E-state index in [0.29, 0.717) is 46.4 Å². The average molecular weight is 444 g/mol. The molecule has 166 valence electrons. The molecule has 2 N–H and O–H groups in total. The Bertz CT molecular complexity index is 1390. The van der Waals surface area contributed by atoms with Crippen molar-refractivity contribution in [2.45, 2.75) is 19.4 Å². The van der Waals surface area contributed by atoms with Gasteiger partial charge < -0.3 is 29.2 Å². The standard InChI is InChI=1S/C24H20N4O5/c1-13-6-17-21(24(29)28(13)11-14-4-3-5-27-10-14)20(16(9-25)23(26)33-17)15-7-18(30-2)22-19(8-15)31-12-32-22/h3-8,10,20H,11-12,26H2,1-2H3/t20-/m0/s1. The molecule has 0 spiro atoms. The first-order chi connectivity index (χ1) is 16.0. The van der Waals surface area contributed by atoms with Crippen molar-refractivity contribution in [1.29, 1.82) is 5.26 Å². The molecule has 2 aliphatic rings. The normalized spacial score (nSPS) is 16.1. The fourth-order valence-corrected chi connectivity index (χ4v) is 4.21. The Hall–Kier alpha value is -4.45. The number of hydrogen-bond donors (Lipinski definition) is 1. The van der Waals surface area contributed by atoms with Crippen molar-refractivity contribution < 1.29 is 18.9 Å². The van der Waals surface area contributed by atoms with E-state index < -0.39 is 5.92 Å². The van der Waals surface area contributed by atoms with Crippen LogP contribution in [0, 0.1) is 18.3 Å². The second-order valence-corrected chi connectivity index (χ2v) is 7.70. The summed E-state index contributed by atoms with van der Waals surface area (Å²) in [7, 11) is 1.51. The highest BCUT2D eigenvalue weighted by Crippen LogP contribution is 2.47. The van der Waals surface area contributed by atoms with E-state index in [1.807, 2.05) is 19.1 Å². The minimum atomic E-state index is -0.768. The minimum absolute atomic E-state index is 0.0459. The lowest BCUT2D eigenvalue weighted by atomic mass is 9.83. The molecule has 5 rings (SSSR count). The third-order valence-corrected chi connectivity index (χ3v) is 5.77. The van der Waals surface area contributed by atoms with E-state index in [9.17, 15) is 10.1 Å². The highest BCUT2D eigenvalue weighted by atomic mass is 16.7. The molecule has 9 nitrogen and oxygen atoms in total. The number of allylic oxidation sites excluding steroid dienone is 1. The lowest BCUT2D eigenvalue weighted by Gasteiger charge is -2.27. The van der Waals surface area contributed by atoms with Gasteiger partial charge in [-0.25, -0.2) is 0 Å². The first kappa shape index (κ1) is 20.5. The molecule has 1 aromatic carbocycles. The number of aromatic nitrogens is 2. The fraction of sp³-hybridized carbons (Fsp3) is 0.208. The number of fused-ring (bicyclic) bond motifs is 2. The molecule has 0 fully saturated rings. The monoisotopic (exact) mass is 444 g/mol. The van der Waals surface area contributed by atoms with Crippen molar-refractivity contribution in [3.63, 3.8) is 0 Å². The molecule has 0 saturated heterocycles. The van der Waals surface area contributed by atoms with E-state index in [1.165, 1.54) is 7.11 Å². The molecule has 0 radical (unpaired) electrons. The third kappa shape index (κ3) is 3.32. The molecule has 3 aromatic rings. The van der Waals surface area contributed by atoms with Crippen molar-refractivity contribution in [2.75, 3.05) is 13.9 Å². The van der Waals surface area contributed by atoms with Crippen LogP contribution in [0.25, 0.3) is 0 Å². The third-order valence-electron chi connectivity index (χ3n) is 5.77. The van der Waals surface area contributed by atoms with Gasteiger partial charge in [-0.2, -0.15) is 5.26 Å². The summed E-state index contributed by atoms with van der Waals surface area (Å²) in [4.78, 5) is 17.9. The van der Waals surface area contributed by atoms with E-state index in [2.05, 4.69) is 11.1 Å². The molecule has 2 aliphatic heterocycles. The Balaban J connectivity index is 1.73. The first-order valence-electron chi connectivity index (χ1n) is 10.2. The SMILES string of the molecule is COc1cc([C@H]2C(C#N)=C(N)Oc3cc(C)n(Cc4cccnc4)c(=O)c32)cc2c1OCO2. The van der Waals surface area contributed by atoms with Crippen LogP contribution in [-0.4, -0.2) is 23.5 Å². The van der Waals surface area contributed by atoms with Gasteiger partial charge in [-0.1, -0.05) is 6.07 Å². The molecule has 1 atom stereocenters. The highest BCUT2D eigenvalue weighted by Gasteiger charge is 2.36. The zero-order chi connectivity index (χ0) is 23.1. The summed E-state index contributed by atoms with van der Waals surface area (Å²) in [6.45, 7) is 2.20. The van der Waals surface area contributed by atoms with Crippen molar-refractivity contribution in [3.8, 4) is 29.1 Å². The van der Waals surface area contributed by atoms with E-state index >= 15 is 0 Å². The van der Waals surface area contributed by atoms with Gasteiger partial charge in [0.15, 0.2) is 11.5 Å². The summed E-state index contributed by atoms with van der Waals surface area (Å²) in [5.74, 6) is 0.883. The quantitative estimate of drug-likeness (QED) is 0.652. The Labute approximate surface area is 189 Å². The second-order valence-electron chi connectivity index (χ2n) is 7.70. The van der Waals surface area contributed by atoms with Crippen molar-refractivity contribution in [3.05, 3.63) is 86.9 Å². The number of nitrogens with two attached hydrogens (primary N) is 1. The van der Waals surface area contributed by atoms with Crippen LogP contribution in [0.15, 0.2) is 59.0 Å². The van der Waals surface area contributed by atoms with Gasteiger partial charge in [0.1, 0.15) is 17.4 Å². The van der Waals surface area contributed by atoms with Gasteiger partial charge in [0, 0.05) is 24.2 Å². The fourth-order valence-electron chi connectivity index (χ4n) is 4.21. The Morgan fingerprint density at radius 2 is 2.15 bits per heavy atom. The van der Waals surface area contributed by atoms with E-state index in [-0.39, 0.29) is 23.8 Å². The number of pyridine rings is 2. The van der Waals surface area contributed by atoms with Crippen LogP contribution >= 0.6 is 0 Å². The van der Waals surface area contributed by atoms with E-state index in [4.69, 9.17) is 24.7 Å². The molecule has 0 saturated carbocycles. The van der Waals surface area contributed by atoms with Crippen molar-refractivity contribution >= 4 is 0 Å². The number of benzene rings is 1. The Morgan fingerprint density at radius 1 is 1.30 bits per heavy atom. The average Bonchev–Trinajstić information content (AvgIpc) is 3.30. The zero-order valence-corrected chi connectivity index (χ0v) is 18.0. The molecule has 0 bridgehead atoms. The van der Waals surface area contributed by atoms with Crippen LogP contribution in [-0.2, 0) is 6.54 Å². The zero-order valence-electron chi connectivity index (χ0n) is 18.0. The molecule has 4 heterocycles. The van der Waals surface area contributed by atoms with Gasteiger partial charge in [0.25, 0.3) is 5.56 Å². The molecule has 0 amide bonds. The van der Waals surface area contributed by atoms with Gasteiger partial charge in [0.05, 0.1) is 25.1 Å². The van der Waals surface area contributed by atoms with Crippen LogP contribution in [0.2, 0.25) is 0 Å². The van der Waals surface area contributed by atoms with Gasteiger partial charge >= 0.3 is 0 Å². The molecule has 0 aliphatic carbocycles. The predicted octanol–water partition coefficient (Wildman–Crippen LogP) is 2.56. The van der Waals surface area contributed by atoms with Crippen LogP contribution in [0.5, 0.6) is 23.0 Å². The molecule has 33 heavy (non-hydrogen) atoms. The van der Waals surface area contributed by atoms with Crippen molar-refractivity contribution in [1.82, 2.24) is 9.55 Å². The second kappa shape index (κ2) is 7.91. The molecule has 0 unspecified atom stereocenters. The maximum atomic E-state index is 13.8. The summed E-state index contributed by atoms with van der Waals surface area (Å²) in [5.41, 5.74) is 8.45. The van der Waals surface area contributed by atoms with Gasteiger partial charge in [-0.15, -0.1) is 0 Å². The number of aryl methyl sites for hydroxylation is 1. The number of hydrogen-bond acceptors (Lipinski definition) is 8. The maximum absolute atomic E-state index is 13.8. The Kier molecular flexibility index (Phi) is 4.90. The van der Waals surface area contributed by atoms with E-state index in [0.717, 1.165) is 5.56 Å². The van der Waals surface area contributed by atoms with Gasteiger partial charge in [0.2, 0.25) is 18.4 Å². The van der Waals surface area contributed by atoms with Gasteiger partial charge in [-0.05, 0) is 36.2 Å². The minimum Gasteiger partial charge on any atom is -0.493 e. The van der Waals surface area contributed by atoms with Crippen LogP contribution in [0.3, 0.4) is 0 Å². The number of rotatable bonds is 4. The summed E-state index contributed by atoms with van der Waals surface area (Å²) < 4.78 is 23.9. The van der Waals surface area contributed by atoms with E-state index in [1.54, 1.807) is 35.2 Å². The smallest absolute Gasteiger partial charge is 0.259 e. The topological polar surface area (TPSA) is 122 Å². The number of ether oxygens (including phenoxy) is 4. The first-order valence-corrected chi connectivity index (χ1v) is 10.2. The molecule has 9 heteroatoms. The summed E-state index contributed by atoms with van der Waals surface area (Å²) in [5, 5.41) is 9.92. The largest absolute Gasteiger partial charge is 0.493 e. The summed E-state index contributed by atoms with van der Waals surface area (Å²) >= 11 is 0. The molecular weight excluding hydrogens is 424 g/mol. The van der Waals surface area contributed by atoms with Crippen LogP contribution in [0.4, 0.5) is 0 Å². The molecular formula is C24H20N4O5. The summed E-state index contributed by atoms with van der Waals surface area (Å²) in [6.07, 6.45) is 3.39. The maximum Gasteiger partial charge on any atom is 0.259 e. The molecule has 2 aromatic heterocycles.